The van der Waals surface area contributed by atoms with Crippen molar-refractivity contribution in [3.63, 3.8) is 0 Å². The molecule has 2 heterocycles. The summed E-state index contributed by atoms with van der Waals surface area (Å²) in [5, 5.41) is 10.5. The second kappa shape index (κ2) is 7.64. The summed E-state index contributed by atoms with van der Waals surface area (Å²) in [6, 6.07) is 3.35. The Bertz CT molecular complexity index is 761. The molecule has 0 aromatic carbocycles. The largest absolute Gasteiger partial charge is 0.361 e. The maximum Gasteiger partial charge on any atom is 0.224 e. The normalized spacial score (nSPS) is 13.2. The van der Waals surface area contributed by atoms with E-state index >= 15 is 0 Å². The summed E-state index contributed by atoms with van der Waals surface area (Å²) in [7, 11) is -1.12. The predicted molar refractivity (Wildman–Crippen MR) is 100 cm³/mol. The Labute approximate surface area is 149 Å². The minimum atomic E-state index is -1.12. The van der Waals surface area contributed by atoms with Gasteiger partial charge in [-0.3, -0.25) is 0 Å². The molecule has 0 N–H and O–H groups in total. The van der Waals surface area contributed by atoms with Crippen LogP contribution < -0.4 is 0 Å². The SMILES string of the molecule is CC[C@@H](C)c1nc(Cl)nc2c1c(C#N)cn2COCC[Si](C)(C)C. The molecule has 0 bridgehead atoms. The van der Waals surface area contributed by atoms with Gasteiger partial charge in [-0.1, -0.05) is 33.5 Å². The van der Waals surface area contributed by atoms with Crippen LogP contribution in [0.25, 0.3) is 11.0 Å². The second-order valence-electron chi connectivity index (χ2n) is 7.36. The predicted octanol–water partition coefficient (Wildman–Crippen LogP) is 4.78. The first-order chi connectivity index (χ1) is 11.3. The number of halogens is 1. The molecule has 0 fully saturated rings. The molecular weight excluding hydrogens is 340 g/mol. The Balaban J connectivity index is 2.35. The van der Waals surface area contributed by atoms with E-state index in [4.69, 9.17) is 16.3 Å². The smallest absolute Gasteiger partial charge is 0.224 e. The van der Waals surface area contributed by atoms with Gasteiger partial charge in [-0.25, -0.2) is 4.98 Å². The molecule has 0 aliphatic heterocycles. The maximum atomic E-state index is 9.49. The van der Waals surface area contributed by atoms with Crippen molar-refractivity contribution < 1.29 is 4.74 Å². The third kappa shape index (κ3) is 4.35. The highest BCUT2D eigenvalue weighted by molar-refractivity contribution is 6.76. The van der Waals surface area contributed by atoms with Crippen molar-refractivity contribution in [3.05, 3.63) is 22.7 Å². The molecule has 0 amide bonds. The molecule has 2 aromatic rings. The van der Waals surface area contributed by atoms with Gasteiger partial charge >= 0.3 is 0 Å². The van der Waals surface area contributed by atoms with E-state index in [1.165, 1.54) is 0 Å². The molecule has 0 radical (unpaired) electrons. The van der Waals surface area contributed by atoms with E-state index in [1.807, 2.05) is 4.57 Å². The molecule has 1 atom stereocenters. The van der Waals surface area contributed by atoms with Crippen LogP contribution in [0.3, 0.4) is 0 Å². The fraction of sp³-hybridized carbons (Fsp3) is 0.588. The summed E-state index contributed by atoms with van der Waals surface area (Å²) in [4.78, 5) is 8.72. The summed E-state index contributed by atoms with van der Waals surface area (Å²) in [6.45, 7) is 12.2. The molecule has 0 spiro atoms. The fourth-order valence-corrected chi connectivity index (χ4v) is 3.39. The van der Waals surface area contributed by atoms with Crippen molar-refractivity contribution in [2.45, 2.75) is 58.6 Å². The first-order valence-corrected chi connectivity index (χ1v) is 12.4. The minimum Gasteiger partial charge on any atom is -0.361 e. The lowest BCUT2D eigenvalue weighted by Crippen LogP contribution is -2.22. The number of nitrogens with zero attached hydrogens (tertiary/aromatic N) is 4. The van der Waals surface area contributed by atoms with Gasteiger partial charge in [0.2, 0.25) is 5.28 Å². The molecule has 0 unspecified atom stereocenters. The van der Waals surface area contributed by atoms with Crippen molar-refractivity contribution in [2.24, 2.45) is 0 Å². The molecule has 0 saturated carbocycles. The zero-order valence-corrected chi connectivity index (χ0v) is 16.8. The van der Waals surface area contributed by atoms with Crippen LogP contribution in [0, 0.1) is 11.3 Å². The Morgan fingerprint density at radius 3 is 2.67 bits per heavy atom. The van der Waals surface area contributed by atoms with Gasteiger partial charge in [0.05, 0.1) is 16.6 Å². The van der Waals surface area contributed by atoms with Gasteiger partial charge in [0.15, 0.2) is 0 Å². The Kier molecular flexibility index (Phi) is 6.02. The summed E-state index contributed by atoms with van der Waals surface area (Å²) in [6.07, 6.45) is 2.71. The highest BCUT2D eigenvalue weighted by Crippen LogP contribution is 2.30. The lowest BCUT2D eigenvalue weighted by atomic mass is 10.0. The molecule has 130 valence electrons. The maximum absolute atomic E-state index is 9.49. The molecule has 24 heavy (non-hydrogen) atoms. The van der Waals surface area contributed by atoms with Gasteiger partial charge < -0.3 is 9.30 Å². The molecular formula is C17H25ClN4OSi. The average Bonchev–Trinajstić information content (AvgIpc) is 2.86. The van der Waals surface area contributed by atoms with Crippen LogP contribution in [0.1, 0.15) is 37.4 Å². The number of rotatable bonds is 7. The fourth-order valence-electron chi connectivity index (χ4n) is 2.46. The lowest BCUT2D eigenvalue weighted by Gasteiger charge is -2.15. The van der Waals surface area contributed by atoms with Crippen molar-refractivity contribution in [3.8, 4) is 6.07 Å². The summed E-state index contributed by atoms with van der Waals surface area (Å²) >= 11 is 6.12. The van der Waals surface area contributed by atoms with E-state index < -0.39 is 8.07 Å². The van der Waals surface area contributed by atoms with Gasteiger partial charge in [0.1, 0.15) is 18.4 Å². The number of hydrogen-bond acceptors (Lipinski definition) is 4. The van der Waals surface area contributed by atoms with Crippen molar-refractivity contribution in [1.82, 2.24) is 14.5 Å². The minimum absolute atomic E-state index is 0.212. The van der Waals surface area contributed by atoms with E-state index in [0.29, 0.717) is 24.5 Å². The first-order valence-electron chi connectivity index (χ1n) is 8.31. The molecule has 0 saturated heterocycles. The van der Waals surface area contributed by atoms with Crippen LogP contribution in [0.15, 0.2) is 6.20 Å². The van der Waals surface area contributed by atoms with E-state index in [9.17, 15) is 5.26 Å². The molecule has 2 aromatic heterocycles. The molecule has 7 heteroatoms. The summed E-state index contributed by atoms with van der Waals surface area (Å²) in [5.74, 6) is 0.212. The molecule has 0 aliphatic carbocycles. The number of fused-ring (bicyclic) bond motifs is 1. The van der Waals surface area contributed by atoms with E-state index in [2.05, 4.69) is 49.5 Å². The number of hydrogen-bond donors (Lipinski definition) is 0. The number of aromatic nitrogens is 3. The van der Waals surface area contributed by atoms with Crippen LogP contribution in [0.5, 0.6) is 0 Å². The van der Waals surface area contributed by atoms with Gasteiger partial charge in [-0.2, -0.15) is 10.2 Å². The number of ether oxygens (including phenoxy) is 1. The quantitative estimate of drug-likeness (QED) is 0.402. The zero-order chi connectivity index (χ0) is 17.9. The molecule has 5 nitrogen and oxygen atoms in total. The van der Waals surface area contributed by atoms with Gasteiger partial charge in [-0.05, 0) is 30.0 Å². The van der Waals surface area contributed by atoms with Gasteiger partial charge in [0, 0.05) is 20.9 Å². The van der Waals surface area contributed by atoms with E-state index in [0.717, 1.165) is 23.5 Å². The highest BCUT2D eigenvalue weighted by Gasteiger charge is 2.20. The second-order valence-corrected chi connectivity index (χ2v) is 13.3. The van der Waals surface area contributed by atoms with Crippen LogP contribution in [0.4, 0.5) is 0 Å². The van der Waals surface area contributed by atoms with E-state index in [-0.39, 0.29) is 11.2 Å². The summed E-state index contributed by atoms with van der Waals surface area (Å²) < 4.78 is 7.67. The monoisotopic (exact) mass is 364 g/mol. The summed E-state index contributed by atoms with van der Waals surface area (Å²) in [5.41, 5.74) is 2.09. The Hall–Kier alpha value is -1.42. The van der Waals surface area contributed by atoms with Crippen LogP contribution >= 0.6 is 11.6 Å². The van der Waals surface area contributed by atoms with Gasteiger partial charge in [-0.15, -0.1) is 0 Å². The third-order valence-electron chi connectivity index (χ3n) is 4.14. The van der Waals surface area contributed by atoms with Crippen LogP contribution in [-0.2, 0) is 11.5 Å². The molecule has 0 aliphatic rings. The van der Waals surface area contributed by atoms with Crippen molar-refractivity contribution in [2.75, 3.05) is 6.61 Å². The van der Waals surface area contributed by atoms with Gasteiger partial charge in [0.25, 0.3) is 0 Å². The van der Waals surface area contributed by atoms with Crippen molar-refractivity contribution in [1.29, 1.82) is 5.26 Å². The number of nitriles is 1. The highest BCUT2D eigenvalue weighted by atomic mass is 35.5. The van der Waals surface area contributed by atoms with Crippen LogP contribution in [-0.4, -0.2) is 29.2 Å². The first kappa shape index (κ1) is 18.9. The zero-order valence-electron chi connectivity index (χ0n) is 15.1. The lowest BCUT2D eigenvalue weighted by molar-refractivity contribution is 0.0898. The third-order valence-corrected chi connectivity index (χ3v) is 6.02. The Morgan fingerprint density at radius 1 is 1.38 bits per heavy atom. The van der Waals surface area contributed by atoms with E-state index in [1.54, 1.807) is 6.20 Å². The average molecular weight is 365 g/mol. The topological polar surface area (TPSA) is 63.7 Å². The molecule has 2 rings (SSSR count). The Morgan fingerprint density at radius 2 is 2.08 bits per heavy atom. The van der Waals surface area contributed by atoms with Crippen LogP contribution in [0.2, 0.25) is 31.0 Å². The standard InChI is InChI=1S/C17H25ClN4OSi/c1-6-12(2)15-14-13(9-19)10-22(16(14)21-17(18)20-15)11-23-7-8-24(3,4)5/h10,12H,6-8,11H2,1-5H3/t12-/m1/s1. The van der Waals surface area contributed by atoms with Crippen molar-refractivity contribution >= 4 is 30.7 Å².